The molecule has 0 spiro atoms. The summed E-state index contributed by atoms with van der Waals surface area (Å²) in [4.78, 5) is 9.72. The van der Waals surface area contributed by atoms with Crippen molar-refractivity contribution in [2.75, 3.05) is 5.32 Å². The second-order valence-electron chi connectivity index (χ2n) is 5.09. The second-order valence-corrected chi connectivity index (χ2v) is 5.95. The van der Waals surface area contributed by atoms with Crippen LogP contribution in [0.5, 0.6) is 5.75 Å². The molecule has 0 aliphatic rings. The number of anilines is 2. The predicted octanol–water partition coefficient (Wildman–Crippen LogP) is 1.81. The standard InChI is InChI=1S/C18H13N3OS.ClH/c22-14-8-6-13(7-9-14)21-17-16-15(12-4-2-1-3-5-12)10-23-18(16)20-11-19-17;/h1-11,22H,(H,19,20,21);1H/p-1. The van der Waals surface area contributed by atoms with Crippen LogP contribution in [0.4, 0.5) is 11.5 Å². The molecule has 0 unspecified atom stereocenters. The number of thiophene rings is 1. The van der Waals surface area contributed by atoms with Gasteiger partial charge in [-0.3, -0.25) is 0 Å². The highest BCUT2D eigenvalue weighted by molar-refractivity contribution is 7.17. The first-order valence-electron chi connectivity index (χ1n) is 7.15. The molecule has 0 bridgehead atoms. The molecule has 24 heavy (non-hydrogen) atoms. The van der Waals surface area contributed by atoms with Gasteiger partial charge in [-0.2, -0.15) is 0 Å². The monoisotopic (exact) mass is 354 g/mol. The number of aromatic hydroxyl groups is 1. The van der Waals surface area contributed by atoms with Gasteiger partial charge in [-0.15, -0.1) is 11.3 Å². The molecule has 2 heterocycles. The maximum Gasteiger partial charge on any atom is 0.143 e. The largest absolute Gasteiger partial charge is 1.00 e. The Labute approximate surface area is 149 Å². The van der Waals surface area contributed by atoms with Gasteiger partial charge in [0.05, 0.1) is 5.39 Å². The van der Waals surface area contributed by atoms with Crippen molar-refractivity contribution < 1.29 is 17.5 Å². The highest BCUT2D eigenvalue weighted by Crippen LogP contribution is 2.37. The zero-order valence-corrected chi connectivity index (χ0v) is 14.1. The Morgan fingerprint density at radius 2 is 1.67 bits per heavy atom. The number of nitrogens with one attached hydrogen (secondary N) is 1. The van der Waals surface area contributed by atoms with Gasteiger partial charge in [0.15, 0.2) is 0 Å². The number of phenolic OH excluding ortho intramolecular Hbond substituents is 1. The van der Waals surface area contributed by atoms with E-state index in [4.69, 9.17) is 0 Å². The molecule has 0 amide bonds. The average molecular weight is 355 g/mol. The van der Waals surface area contributed by atoms with Crippen LogP contribution in [0.1, 0.15) is 0 Å². The quantitative estimate of drug-likeness (QED) is 0.551. The molecule has 0 fully saturated rings. The predicted molar refractivity (Wildman–Crippen MR) is 94.2 cm³/mol. The lowest BCUT2D eigenvalue weighted by Gasteiger charge is -2.08. The van der Waals surface area contributed by atoms with Crippen molar-refractivity contribution in [2.24, 2.45) is 0 Å². The molecule has 0 saturated heterocycles. The Balaban J connectivity index is 0.00000169. The molecule has 0 radical (unpaired) electrons. The summed E-state index contributed by atoms with van der Waals surface area (Å²) in [5.74, 6) is 1.00. The summed E-state index contributed by atoms with van der Waals surface area (Å²) in [6.07, 6.45) is 1.57. The number of phenols is 1. The Kier molecular flexibility index (Phi) is 4.64. The van der Waals surface area contributed by atoms with E-state index in [1.165, 1.54) is 0 Å². The molecule has 0 atom stereocenters. The average Bonchev–Trinajstić information content (AvgIpc) is 3.03. The van der Waals surface area contributed by atoms with E-state index in [2.05, 4.69) is 32.8 Å². The third kappa shape index (κ3) is 3.04. The summed E-state index contributed by atoms with van der Waals surface area (Å²) in [5, 5.41) is 15.8. The van der Waals surface area contributed by atoms with Gasteiger partial charge in [0, 0.05) is 16.6 Å². The Hall–Kier alpha value is -2.63. The van der Waals surface area contributed by atoms with Crippen LogP contribution in [0.15, 0.2) is 66.3 Å². The molecule has 4 nitrogen and oxygen atoms in total. The number of aromatic nitrogens is 2. The summed E-state index contributed by atoms with van der Waals surface area (Å²) in [5.41, 5.74) is 3.13. The highest BCUT2D eigenvalue weighted by Gasteiger charge is 2.13. The van der Waals surface area contributed by atoms with Gasteiger partial charge in [0.2, 0.25) is 0 Å². The number of halogens is 1. The fraction of sp³-hybridized carbons (Fsp3) is 0. The lowest BCUT2D eigenvalue weighted by atomic mass is 10.1. The van der Waals surface area contributed by atoms with E-state index >= 15 is 0 Å². The molecule has 2 aromatic heterocycles. The topological polar surface area (TPSA) is 58.0 Å². The minimum Gasteiger partial charge on any atom is -1.00 e. The number of benzene rings is 2. The fourth-order valence-electron chi connectivity index (χ4n) is 2.48. The van der Waals surface area contributed by atoms with Gasteiger partial charge in [0.25, 0.3) is 0 Å². The van der Waals surface area contributed by atoms with E-state index < -0.39 is 0 Å². The van der Waals surface area contributed by atoms with Gasteiger partial charge >= 0.3 is 0 Å². The summed E-state index contributed by atoms with van der Waals surface area (Å²) in [6, 6.07) is 17.1. The third-order valence-electron chi connectivity index (χ3n) is 3.59. The molecule has 2 N–H and O–H groups in total. The van der Waals surface area contributed by atoms with E-state index in [1.54, 1.807) is 29.8 Å². The van der Waals surface area contributed by atoms with Crippen molar-refractivity contribution in [3.05, 3.63) is 66.3 Å². The van der Waals surface area contributed by atoms with Crippen LogP contribution in [-0.2, 0) is 0 Å². The lowest BCUT2D eigenvalue weighted by molar-refractivity contribution is -0.00000552. The number of fused-ring (bicyclic) bond motifs is 1. The number of nitrogens with zero attached hydrogens (tertiary/aromatic N) is 2. The van der Waals surface area contributed by atoms with Crippen LogP contribution in [-0.4, -0.2) is 15.1 Å². The molecule has 120 valence electrons. The zero-order valence-electron chi connectivity index (χ0n) is 12.5. The van der Waals surface area contributed by atoms with Crippen LogP contribution >= 0.6 is 11.3 Å². The fourth-order valence-corrected chi connectivity index (χ4v) is 3.40. The molecule has 4 aromatic rings. The van der Waals surface area contributed by atoms with Crippen molar-refractivity contribution in [1.82, 2.24) is 9.97 Å². The summed E-state index contributed by atoms with van der Waals surface area (Å²) < 4.78 is 0. The summed E-state index contributed by atoms with van der Waals surface area (Å²) in [6.45, 7) is 0. The van der Waals surface area contributed by atoms with Gasteiger partial charge in [-0.25, -0.2) is 9.97 Å². The Morgan fingerprint density at radius 1 is 0.917 bits per heavy atom. The molecule has 6 heteroatoms. The molecule has 0 aliphatic heterocycles. The second kappa shape index (κ2) is 6.86. The maximum atomic E-state index is 9.40. The van der Waals surface area contributed by atoms with Crippen molar-refractivity contribution in [1.29, 1.82) is 0 Å². The summed E-state index contributed by atoms with van der Waals surface area (Å²) in [7, 11) is 0. The normalized spacial score (nSPS) is 10.3. The van der Waals surface area contributed by atoms with Crippen molar-refractivity contribution in [3.63, 3.8) is 0 Å². The minimum atomic E-state index is 0. The van der Waals surface area contributed by atoms with E-state index in [9.17, 15) is 5.11 Å². The van der Waals surface area contributed by atoms with Crippen LogP contribution in [0.2, 0.25) is 0 Å². The first kappa shape index (κ1) is 16.2. The van der Waals surface area contributed by atoms with Crippen LogP contribution in [0.25, 0.3) is 21.3 Å². The first-order chi connectivity index (χ1) is 11.3. The number of rotatable bonds is 3. The van der Waals surface area contributed by atoms with Gasteiger partial charge in [-0.05, 0) is 29.8 Å². The Morgan fingerprint density at radius 3 is 2.42 bits per heavy atom. The van der Waals surface area contributed by atoms with Gasteiger partial charge in [-0.1, -0.05) is 30.3 Å². The van der Waals surface area contributed by atoms with E-state index in [0.717, 1.165) is 32.8 Å². The van der Waals surface area contributed by atoms with E-state index in [1.807, 2.05) is 30.3 Å². The van der Waals surface area contributed by atoms with E-state index in [-0.39, 0.29) is 18.2 Å². The third-order valence-corrected chi connectivity index (χ3v) is 4.47. The van der Waals surface area contributed by atoms with Crippen LogP contribution < -0.4 is 17.7 Å². The number of hydrogen-bond acceptors (Lipinski definition) is 5. The maximum absolute atomic E-state index is 9.40. The van der Waals surface area contributed by atoms with Crippen molar-refractivity contribution in [3.8, 4) is 16.9 Å². The molecule has 4 rings (SSSR count). The summed E-state index contributed by atoms with van der Waals surface area (Å²) >= 11 is 1.60. The highest BCUT2D eigenvalue weighted by atomic mass is 35.5. The SMILES string of the molecule is Oc1ccc(Nc2ncnc3scc(-c4ccccc4)c23)cc1.[Cl-]. The number of hydrogen-bond donors (Lipinski definition) is 2. The minimum absolute atomic E-state index is 0. The smallest absolute Gasteiger partial charge is 0.143 e. The molecular formula is C18H13ClN3OS-. The molecule has 0 aliphatic carbocycles. The lowest BCUT2D eigenvalue weighted by Crippen LogP contribution is -3.00. The van der Waals surface area contributed by atoms with E-state index in [0.29, 0.717) is 0 Å². The van der Waals surface area contributed by atoms with Gasteiger partial charge in [0.1, 0.15) is 22.7 Å². The Bertz CT molecular complexity index is 955. The van der Waals surface area contributed by atoms with Crippen LogP contribution in [0, 0.1) is 0 Å². The molecule has 2 aromatic carbocycles. The molecule has 0 saturated carbocycles. The molecular weight excluding hydrogens is 342 g/mol. The van der Waals surface area contributed by atoms with Crippen molar-refractivity contribution >= 4 is 33.1 Å². The van der Waals surface area contributed by atoms with Gasteiger partial charge < -0.3 is 22.8 Å². The first-order valence-corrected chi connectivity index (χ1v) is 8.03. The van der Waals surface area contributed by atoms with Crippen molar-refractivity contribution in [2.45, 2.75) is 0 Å². The zero-order chi connectivity index (χ0) is 15.6. The van der Waals surface area contributed by atoms with Crippen LogP contribution in [0.3, 0.4) is 0 Å².